The second kappa shape index (κ2) is 10.7. The van der Waals surface area contributed by atoms with Gasteiger partial charge in [0.2, 0.25) is 11.8 Å². The lowest BCUT2D eigenvalue weighted by atomic mass is 10.1. The van der Waals surface area contributed by atoms with Gasteiger partial charge in [0, 0.05) is 44.8 Å². The van der Waals surface area contributed by atoms with Crippen LogP contribution in [0, 0.1) is 16.0 Å². The first-order valence-electron chi connectivity index (χ1n) is 8.28. The van der Waals surface area contributed by atoms with Crippen molar-refractivity contribution in [1.29, 1.82) is 0 Å². The molecule has 0 saturated heterocycles. The molecule has 0 saturated carbocycles. The van der Waals surface area contributed by atoms with E-state index in [0.29, 0.717) is 5.56 Å². The number of non-ortho nitro benzene ring substituents is 1. The first kappa shape index (κ1) is 21.8. The van der Waals surface area contributed by atoms with Gasteiger partial charge in [0.1, 0.15) is 0 Å². The van der Waals surface area contributed by atoms with E-state index in [-0.39, 0.29) is 37.1 Å². The van der Waals surface area contributed by atoms with Crippen LogP contribution < -0.4 is 5.32 Å². The number of nitrogens with one attached hydrogen (secondary N) is 1. The summed E-state index contributed by atoms with van der Waals surface area (Å²) in [4.78, 5) is 46.7. The molecule has 27 heavy (non-hydrogen) atoms. The summed E-state index contributed by atoms with van der Waals surface area (Å²) in [5.41, 5.74) is 0.582. The molecule has 0 aliphatic heterocycles. The second-order valence-corrected chi connectivity index (χ2v) is 5.87. The number of carbonyl (C=O) groups is 3. The van der Waals surface area contributed by atoms with E-state index < -0.39 is 16.8 Å². The minimum atomic E-state index is -0.524. The van der Waals surface area contributed by atoms with Gasteiger partial charge in [-0.1, -0.05) is 6.92 Å². The Morgan fingerprint density at radius 1 is 1.30 bits per heavy atom. The fourth-order valence-electron chi connectivity index (χ4n) is 2.24. The predicted octanol–water partition coefficient (Wildman–Crippen LogP) is 1.38. The summed E-state index contributed by atoms with van der Waals surface area (Å²) in [6, 6.07) is 5.75. The maximum atomic E-state index is 12.5. The number of ether oxygens (including phenoxy) is 1. The van der Waals surface area contributed by atoms with E-state index >= 15 is 0 Å². The first-order valence-corrected chi connectivity index (χ1v) is 8.28. The monoisotopic (exact) mass is 377 g/mol. The van der Waals surface area contributed by atoms with Crippen LogP contribution in [0.15, 0.2) is 30.3 Å². The maximum absolute atomic E-state index is 12.5. The van der Waals surface area contributed by atoms with Crippen LogP contribution in [0.25, 0.3) is 6.08 Å². The summed E-state index contributed by atoms with van der Waals surface area (Å²) in [7, 11) is 1.27. The van der Waals surface area contributed by atoms with Gasteiger partial charge in [-0.15, -0.1) is 0 Å². The standard InChI is InChI=1S/C18H23N3O6/c1-13(18(24)27-3)12-20(11-10-19-14(2)22)17(23)9-6-15-4-7-16(8-5-15)21(25)26/h4-9,13H,10-12H2,1-3H3,(H,19,22)/b9-6+. The van der Waals surface area contributed by atoms with Gasteiger partial charge in [-0.25, -0.2) is 0 Å². The highest BCUT2D eigenvalue weighted by Gasteiger charge is 2.20. The van der Waals surface area contributed by atoms with Crippen molar-refractivity contribution >= 4 is 29.5 Å². The summed E-state index contributed by atoms with van der Waals surface area (Å²) < 4.78 is 4.68. The number of carbonyl (C=O) groups excluding carboxylic acids is 3. The molecule has 0 heterocycles. The molecule has 0 aromatic heterocycles. The van der Waals surface area contributed by atoms with Crippen molar-refractivity contribution in [1.82, 2.24) is 10.2 Å². The average molecular weight is 377 g/mol. The third kappa shape index (κ3) is 7.68. The van der Waals surface area contributed by atoms with Gasteiger partial charge in [-0.05, 0) is 23.8 Å². The molecule has 2 amide bonds. The Bertz CT molecular complexity index is 714. The van der Waals surface area contributed by atoms with Crippen molar-refractivity contribution in [2.45, 2.75) is 13.8 Å². The van der Waals surface area contributed by atoms with Crippen LogP contribution in [-0.2, 0) is 19.1 Å². The van der Waals surface area contributed by atoms with Gasteiger partial charge >= 0.3 is 5.97 Å². The van der Waals surface area contributed by atoms with E-state index in [4.69, 9.17) is 0 Å². The molecule has 0 aliphatic carbocycles. The molecule has 0 fully saturated rings. The largest absolute Gasteiger partial charge is 0.469 e. The molecule has 0 aliphatic rings. The van der Waals surface area contributed by atoms with Crippen molar-refractivity contribution in [3.05, 3.63) is 46.0 Å². The van der Waals surface area contributed by atoms with Gasteiger partial charge in [0.15, 0.2) is 0 Å². The molecule has 0 spiro atoms. The predicted molar refractivity (Wildman–Crippen MR) is 98.6 cm³/mol. The molecule has 1 rings (SSSR count). The van der Waals surface area contributed by atoms with E-state index in [1.165, 1.54) is 55.4 Å². The number of nitrogens with zero attached hydrogens (tertiary/aromatic N) is 2. The van der Waals surface area contributed by atoms with Gasteiger partial charge < -0.3 is 15.0 Å². The molecule has 1 aromatic rings. The average Bonchev–Trinajstić information content (AvgIpc) is 2.64. The Balaban J connectivity index is 2.81. The second-order valence-electron chi connectivity index (χ2n) is 5.87. The number of rotatable bonds is 9. The molecular weight excluding hydrogens is 354 g/mol. The Morgan fingerprint density at radius 2 is 1.93 bits per heavy atom. The minimum Gasteiger partial charge on any atom is -0.469 e. The topological polar surface area (TPSA) is 119 Å². The minimum absolute atomic E-state index is 0.0395. The summed E-state index contributed by atoms with van der Waals surface area (Å²) in [6.07, 6.45) is 2.85. The van der Waals surface area contributed by atoms with Crippen LogP contribution in [0.4, 0.5) is 5.69 Å². The zero-order valence-corrected chi connectivity index (χ0v) is 15.5. The lowest BCUT2D eigenvalue weighted by Crippen LogP contribution is -2.41. The van der Waals surface area contributed by atoms with Crippen LogP contribution in [0.2, 0.25) is 0 Å². The molecule has 0 bridgehead atoms. The third-order valence-corrected chi connectivity index (χ3v) is 3.69. The van der Waals surface area contributed by atoms with E-state index in [2.05, 4.69) is 10.1 Å². The van der Waals surface area contributed by atoms with E-state index in [1.807, 2.05) is 0 Å². The SMILES string of the molecule is COC(=O)C(C)CN(CCNC(C)=O)C(=O)/C=C/c1ccc([N+](=O)[O-])cc1. The lowest BCUT2D eigenvalue weighted by Gasteiger charge is -2.24. The van der Waals surface area contributed by atoms with Crippen LogP contribution in [0.1, 0.15) is 19.4 Å². The number of benzene rings is 1. The molecule has 9 nitrogen and oxygen atoms in total. The van der Waals surface area contributed by atoms with E-state index in [0.717, 1.165) is 0 Å². The third-order valence-electron chi connectivity index (χ3n) is 3.69. The number of hydrogen-bond acceptors (Lipinski definition) is 6. The number of nitro groups is 1. The van der Waals surface area contributed by atoms with Crippen molar-refractivity contribution in [2.75, 3.05) is 26.7 Å². The molecule has 1 aromatic carbocycles. The summed E-state index contributed by atoms with van der Waals surface area (Å²) in [5.74, 6) is -1.53. The van der Waals surface area contributed by atoms with Crippen molar-refractivity contribution < 1.29 is 24.0 Å². The van der Waals surface area contributed by atoms with E-state index in [1.54, 1.807) is 6.92 Å². The van der Waals surface area contributed by atoms with Crippen molar-refractivity contribution in [3.8, 4) is 0 Å². The fraction of sp³-hybridized carbons (Fsp3) is 0.389. The van der Waals surface area contributed by atoms with Gasteiger partial charge in [-0.3, -0.25) is 24.5 Å². The molecule has 1 unspecified atom stereocenters. The first-order chi connectivity index (χ1) is 12.7. The maximum Gasteiger partial charge on any atom is 0.310 e. The normalized spacial score (nSPS) is 11.7. The Hall–Kier alpha value is -3.23. The Morgan fingerprint density at radius 3 is 2.44 bits per heavy atom. The molecular formula is C18H23N3O6. The number of esters is 1. The van der Waals surface area contributed by atoms with Crippen molar-refractivity contribution in [3.63, 3.8) is 0 Å². The zero-order valence-electron chi connectivity index (χ0n) is 15.5. The number of methoxy groups -OCH3 is 1. The smallest absolute Gasteiger partial charge is 0.310 e. The number of hydrogen-bond donors (Lipinski definition) is 1. The summed E-state index contributed by atoms with van der Waals surface area (Å²) in [6.45, 7) is 3.63. The van der Waals surface area contributed by atoms with Crippen LogP contribution in [0.5, 0.6) is 0 Å². The Labute approximate surface area is 157 Å². The van der Waals surface area contributed by atoms with Crippen LogP contribution >= 0.6 is 0 Å². The fourth-order valence-corrected chi connectivity index (χ4v) is 2.24. The highest BCUT2D eigenvalue weighted by atomic mass is 16.6. The Kier molecular flexibility index (Phi) is 8.64. The summed E-state index contributed by atoms with van der Waals surface area (Å²) in [5, 5.41) is 13.3. The molecule has 146 valence electrons. The molecule has 1 N–H and O–H groups in total. The van der Waals surface area contributed by atoms with Crippen LogP contribution in [0.3, 0.4) is 0 Å². The number of nitro benzene ring substituents is 1. The van der Waals surface area contributed by atoms with Gasteiger partial charge in [-0.2, -0.15) is 0 Å². The highest BCUT2D eigenvalue weighted by molar-refractivity contribution is 5.92. The van der Waals surface area contributed by atoms with E-state index in [9.17, 15) is 24.5 Å². The lowest BCUT2D eigenvalue weighted by molar-refractivity contribution is -0.384. The zero-order chi connectivity index (χ0) is 20.4. The van der Waals surface area contributed by atoms with Gasteiger partial charge in [0.05, 0.1) is 18.0 Å². The van der Waals surface area contributed by atoms with Crippen LogP contribution in [-0.4, -0.2) is 54.4 Å². The molecule has 9 heteroatoms. The quantitative estimate of drug-likeness (QED) is 0.301. The summed E-state index contributed by atoms with van der Waals surface area (Å²) >= 11 is 0. The highest BCUT2D eigenvalue weighted by Crippen LogP contribution is 2.13. The molecule has 1 atom stereocenters. The number of amides is 2. The van der Waals surface area contributed by atoms with Gasteiger partial charge in [0.25, 0.3) is 5.69 Å². The van der Waals surface area contributed by atoms with Crippen molar-refractivity contribution in [2.24, 2.45) is 5.92 Å². The molecule has 0 radical (unpaired) electrons.